The predicted molar refractivity (Wildman–Crippen MR) is 256 cm³/mol. The monoisotopic (exact) mass is 894 g/mol. The number of carboxylic acid groups (broad SMARTS) is 2. The molecule has 0 aliphatic heterocycles. The zero-order chi connectivity index (χ0) is 48.4. The third-order valence-electron chi connectivity index (χ3n) is 8.01. The molecule has 0 aliphatic rings. The first kappa shape index (κ1) is 53.3. The maximum atomic E-state index is 11.0. The van der Waals surface area contributed by atoms with Gasteiger partial charge in [0.15, 0.2) is 0 Å². The summed E-state index contributed by atoms with van der Waals surface area (Å²) < 4.78 is 13.5. The lowest BCUT2D eigenvalue weighted by molar-refractivity contribution is -0.139. The van der Waals surface area contributed by atoms with E-state index in [1.54, 1.807) is 78.9 Å². The average Bonchev–Trinajstić information content (AvgIpc) is 3.34. The summed E-state index contributed by atoms with van der Waals surface area (Å²) in [5.41, 5.74) is 4.44. The van der Waals surface area contributed by atoms with Gasteiger partial charge in [-0.15, -0.1) is 0 Å². The Morgan fingerprint density at radius 3 is 1.26 bits per heavy atom. The number of methoxy groups -OCH3 is 2. The minimum absolute atomic E-state index is 0.0396. The van der Waals surface area contributed by atoms with Crippen molar-refractivity contribution in [1.29, 1.82) is 0 Å². The first-order chi connectivity index (χ1) is 31.8. The molecule has 340 valence electrons. The lowest BCUT2D eigenvalue weighted by Gasteiger charge is -2.00. The van der Waals surface area contributed by atoms with Crippen LogP contribution >= 0.6 is 0 Å². The molecule has 0 heterocycles. The number of aliphatic carboxylic acids is 2. The van der Waals surface area contributed by atoms with Gasteiger partial charge in [0.2, 0.25) is 0 Å². The first-order valence-corrected chi connectivity index (χ1v) is 19.8. The van der Waals surface area contributed by atoms with Gasteiger partial charge in [-0.25, -0.2) is 24.0 Å². The number of aromatic hydroxyl groups is 2. The molecule has 0 atom stereocenters. The van der Waals surface area contributed by atoms with Crippen molar-refractivity contribution in [2.75, 3.05) is 27.4 Å². The molecule has 13 heteroatoms. The van der Waals surface area contributed by atoms with Crippen LogP contribution in [0.2, 0.25) is 0 Å². The Balaban J connectivity index is 0.000000284. The van der Waals surface area contributed by atoms with Crippen LogP contribution in [0.5, 0.6) is 11.5 Å². The number of carbonyl (C=O) groups excluding carboxylic acids is 3. The van der Waals surface area contributed by atoms with Crippen LogP contribution in [-0.4, -0.2) is 82.8 Å². The second kappa shape index (κ2) is 32.0. The Bertz CT molecular complexity index is 2470. The summed E-state index contributed by atoms with van der Waals surface area (Å²) in [5.74, 6) is -2.67. The zero-order valence-electron chi connectivity index (χ0n) is 36.1. The molecule has 6 aromatic carbocycles. The van der Waals surface area contributed by atoms with E-state index in [9.17, 15) is 24.0 Å². The summed E-state index contributed by atoms with van der Waals surface area (Å²) in [6, 6.07) is 45.5. The standard InChI is InChI=1S/C13H10O2.C11H12O3.2C10H10O3.C9H8O2/c14-13(15)9-8-11-6-3-5-10-4-1-2-7-12(10)11;12-8-9-14-11(13)7-6-10-4-2-1-3-5-10;2*1-13-10(12)7-4-8-2-5-9(11)6-3-8;10-9(11)7-6-8-4-2-1-3-5-8/h1-9H,(H,14,15);1-7,12H,8-9H2;2*2-7,11H,1H3;1-7H,(H,10,11)/b9-8+;7-6+;2*7-4+;7-6+. The number of hydrogen-bond acceptors (Lipinski definition) is 11. The van der Waals surface area contributed by atoms with Crippen LogP contribution in [0.15, 0.2) is 182 Å². The molecule has 13 nitrogen and oxygen atoms in total. The van der Waals surface area contributed by atoms with Gasteiger partial charge >= 0.3 is 29.8 Å². The molecular formula is C53H50O13. The molecule has 6 rings (SSSR count). The molecule has 0 saturated carbocycles. The van der Waals surface area contributed by atoms with Crippen LogP contribution in [0.1, 0.15) is 27.8 Å². The number of hydrogen-bond donors (Lipinski definition) is 5. The number of fused-ring (bicyclic) bond motifs is 1. The summed E-state index contributed by atoms with van der Waals surface area (Å²) in [6.45, 7) is -0.108. The van der Waals surface area contributed by atoms with Gasteiger partial charge in [-0.1, -0.05) is 127 Å². The number of phenols is 2. The predicted octanol–water partition coefficient (Wildman–Crippen LogP) is 9.11. The number of carbonyl (C=O) groups is 5. The highest BCUT2D eigenvalue weighted by Crippen LogP contribution is 2.19. The summed E-state index contributed by atoms with van der Waals surface area (Å²) in [5, 5.41) is 45.4. The fourth-order valence-corrected chi connectivity index (χ4v) is 4.85. The van der Waals surface area contributed by atoms with Gasteiger partial charge < -0.3 is 39.7 Å². The van der Waals surface area contributed by atoms with Crippen molar-refractivity contribution in [2.45, 2.75) is 0 Å². The fourth-order valence-electron chi connectivity index (χ4n) is 4.85. The SMILES string of the molecule is COC(=O)/C=C/c1ccc(O)cc1.COC(=O)/C=C/c1ccc(O)cc1.O=C(/C=C/c1ccccc1)OCCO.O=C(O)/C=C/c1cccc2ccccc12.O=C(O)/C=C/c1ccccc1. The van der Waals surface area contributed by atoms with Crippen molar-refractivity contribution in [2.24, 2.45) is 0 Å². The summed E-state index contributed by atoms with van der Waals surface area (Å²) in [7, 11) is 2.65. The maximum absolute atomic E-state index is 11.0. The van der Waals surface area contributed by atoms with Gasteiger partial charge in [0.05, 0.1) is 20.8 Å². The number of benzene rings is 6. The number of aliphatic hydroxyl groups is 1. The molecule has 0 saturated heterocycles. The van der Waals surface area contributed by atoms with E-state index < -0.39 is 29.8 Å². The minimum Gasteiger partial charge on any atom is -0.508 e. The average molecular weight is 895 g/mol. The third-order valence-corrected chi connectivity index (χ3v) is 8.01. The van der Waals surface area contributed by atoms with Crippen LogP contribution in [0, 0.1) is 0 Å². The molecule has 0 fully saturated rings. The van der Waals surface area contributed by atoms with E-state index in [1.807, 2.05) is 103 Å². The number of phenolic OH excluding ortho intramolecular Hbond substituents is 2. The Morgan fingerprint density at radius 2 is 0.818 bits per heavy atom. The number of carboxylic acids is 2. The highest BCUT2D eigenvalue weighted by molar-refractivity contribution is 5.94. The smallest absolute Gasteiger partial charge is 0.330 e. The molecular weight excluding hydrogens is 845 g/mol. The number of aliphatic hydroxyl groups excluding tert-OH is 1. The summed E-state index contributed by atoms with van der Waals surface area (Å²) >= 11 is 0. The van der Waals surface area contributed by atoms with E-state index in [-0.39, 0.29) is 24.7 Å². The Kier molecular flexibility index (Phi) is 25.8. The Hall–Kier alpha value is -8.81. The van der Waals surface area contributed by atoms with E-state index in [2.05, 4.69) is 14.2 Å². The van der Waals surface area contributed by atoms with E-state index >= 15 is 0 Å². The highest BCUT2D eigenvalue weighted by atomic mass is 16.5. The fraction of sp³-hybridized carbons (Fsp3) is 0.0755. The Labute approximate surface area is 382 Å². The third kappa shape index (κ3) is 24.6. The van der Waals surface area contributed by atoms with E-state index in [4.69, 9.17) is 25.5 Å². The van der Waals surface area contributed by atoms with Gasteiger partial charge in [0.1, 0.15) is 18.1 Å². The molecule has 0 aliphatic carbocycles. The summed E-state index contributed by atoms with van der Waals surface area (Å²) in [4.78, 5) is 52.9. The molecule has 0 bridgehead atoms. The zero-order valence-corrected chi connectivity index (χ0v) is 36.1. The van der Waals surface area contributed by atoms with Gasteiger partial charge in [-0.3, -0.25) is 0 Å². The minimum atomic E-state index is -0.928. The van der Waals surface area contributed by atoms with Crippen molar-refractivity contribution in [3.05, 3.63) is 210 Å². The van der Waals surface area contributed by atoms with Crippen molar-refractivity contribution in [3.8, 4) is 11.5 Å². The number of ether oxygens (including phenoxy) is 3. The number of esters is 3. The molecule has 0 spiro atoms. The van der Waals surface area contributed by atoms with Gasteiger partial charge in [-0.2, -0.15) is 0 Å². The van der Waals surface area contributed by atoms with Crippen molar-refractivity contribution < 1.29 is 63.7 Å². The van der Waals surface area contributed by atoms with Crippen LogP contribution < -0.4 is 0 Å². The molecule has 66 heavy (non-hydrogen) atoms. The molecule has 0 unspecified atom stereocenters. The number of rotatable bonds is 12. The highest BCUT2D eigenvalue weighted by Gasteiger charge is 1.98. The van der Waals surface area contributed by atoms with Crippen molar-refractivity contribution in [1.82, 2.24) is 0 Å². The van der Waals surface area contributed by atoms with Gasteiger partial charge in [0, 0.05) is 30.4 Å². The Morgan fingerprint density at radius 1 is 0.439 bits per heavy atom. The summed E-state index contributed by atoms with van der Waals surface area (Å²) in [6.07, 6.45) is 14.3. The largest absolute Gasteiger partial charge is 0.508 e. The van der Waals surface area contributed by atoms with Crippen LogP contribution in [0.3, 0.4) is 0 Å². The van der Waals surface area contributed by atoms with Gasteiger partial charge in [0.25, 0.3) is 0 Å². The second-order valence-electron chi connectivity index (χ2n) is 12.9. The van der Waals surface area contributed by atoms with E-state index in [1.165, 1.54) is 32.4 Å². The quantitative estimate of drug-likeness (QED) is 0.0441. The van der Waals surface area contributed by atoms with Crippen LogP contribution in [0.25, 0.3) is 41.2 Å². The molecule has 5 N–H and O–H groups in total. The lowest BCUT2D eigenvalue weighted by atomic mass is 10.0. The van der Waals surface area contributed by atoms with Crippen LogP contribution in [-0.2, 0) is 38.2 Å². The van der Waals surface area contributed by atoms with Crippen molar-refractivity contribution >= 4 is 71.0 Å². The topological polar surface area (TPSA) is 214 Å². The molecule has 0 radical (unpaired) electrons. The molecule has 0 aromatic heterocycles. The lowest BCUT2D eigenvalue weighted by Crippen LogP contribution is -2.04. The maximum Gasteiger partial charge on any atom is 0.330 e. The van der Waals surface area contributed by atoms with Crippen LogP contribution in [0.4, 0.5) is 0 Å². The second-order valence-corrected chi connectivity index (χ2v) is 12.9. The van der Waals surface area contributed by atoms with Gasteiger partial charge in [-0.05, 0) is 93.2 Å². The molecule has 0 amide bonds. The normalized spacial score (nSPS) is 10.4. The van der Waals surface area contributed by atoms with E-state index in [0.29, 0.717) is 0 Å². The molecule has 6 aromatic rings. The van der Waals surface area contributed by atoms with Crippen molar-refractivity contribution in [3.63, 3.8) is 0 Å². The van der Waals surface area contributed by atoms with E-state index in [0.717, 1.165) is 50.7 Å². The first-order valence-electron chi connectivity index (χ1n) is 19.8.